The first kappa shape index (κ1) is 18.2. The Labute approximate surface area is 140 Å². The van der Waals surface area contributed by atoms with Crippen LogP contribution in [0.5, 0.6) is 0 Å². The van der Waals surface area contributed by atoms with Crippen molar-refractivity contribution in [3.8, 4) is 0 Å². The Morgan fingerprint density at radius 1 is 1.25 bits per heavy atom. The molecule has 0 spiro atoms. The zero-order valence-electron chi connectivity index (χ0n) is 13.7. The van der Waals surface area contributed by atoms with Gasteiger partial charge in [0.25, 0.3) is 5.56 Å². The van der Waals surface area contributed by atoms with Crippen molar-refractivity contribution in [2.45, 2.75) is 19.8 Å². The molecule has 8 heteroatoms. The van der Waals surface area contributed by atoms with E-state index >= 15 is 0 Å². The van der Waals surface area contributed by atoms with E-state index < -0.39 is 10.0 Å². The first-order valence-corrected chi connectivity index (χ1v) is 9.26. The second-order valence-corrected chi connectivity index (χ2v) is 7.63. The lowest BCUT2D eigenvalue weighted by Crippen LogP contribution is -2.33. The van der Waals surface area contributed by atoms with E-state index in [0.717, 1.165) is 16.5 Å². The third-order valence-corrected chi connectivity index (χ3v) is 5.07. The van der Waals surface area contributed by atoms with E-state index in [1.54, 1.807) is 6.07 Å². The number of aromatic nitrogens is 1. The summed E-state index contributed by atoms with van der Waals surface area (Å²) in [6.07, 6.45) is 0.420. The minimum Gasteiger partial charge on any atom is -0.355 e. The van der Waals surface area contributed by atoms with Gasteiger partial charge in [-0.1, -0.05) is 12.1 Å². The van der Waals surface area contributed by atoms with Crippen molar-refractivity contribution in [3.63, 3.8) is 0 Å². The molecule has 0 aliphatic heterocycles. The van der Waals surface area contributed by atoms with Crippen molar-refractivity contribution in [2.75, 3.05) is 19.3 Å². The average Bonchev–Trinajstić information content (AvgIpc) is 2.52. The summed E-state index contributed by atoms with van der Waals surface area (Å²) in [5.41, 5.74) is 2.15. The number of sulfonamides is 1. The number of hydrogen-bond donors (Lipinski definition) is 3. The van der Waals surface area contributed by atoms with E-state index in [-0.39, 0.29) is 30.2 Å². The molecule has 0 aliphatic rings. The lowest BCUT2D eigenvalue weighted by atomic mass is 10.1. The molecule has 2 rings (SSSR count). The van der Waals surface area contributed by atoms with Crippen molar-refractivity contribution < 1.29 is 13.2 Å². The number of aryl methyl sites for hydroxylation is 2. The highest BCUT2D eigenvalue weighted by Crippen LogP contribution is 2.13. The van der Waals surface area contributed by atoms with Crippen LogP contribution in [0.15, 0.2) is 29.1 Å². The number of benzene rings is 1. The van der Waals surface area contributed by atoms with Crippen LogP contribution in [0.4, 0.5) is 0 Å². The molecular formula is C16H21N3O4S. The number of carbonyl (C=O) groups excluding carboxylic acids is 1. The highest BCUT2D eigenvalue weighted by Gasteiger charge is 2.09. The standard InChI is InChI=1S/C16H21N3O4S/c1-11-3-4-12-10-13(16(21)19-14(12)9-11)5-6-15(20)18-7-8-24(22,23)17-2/h3-4,9-10,17H,5-8H2,1-2H3,(H,18,20)(H,19,21). The first-order valence-electron chi connectivity index (χ1n) is 7.61. The number of hydrogen-bond acceptors (Lipinski definition) is 4. The van der Waals surface area contributed by atoms with Crippen LogP contribution < -0.4 is 15.6 Å². The van der Waals surface area contributed by atoms with Crippen LogP contribution >= 0.6 is 0 Å². The zero-order chi connectivity index (χ0) is 17.7. The monoisotopic (exact) mass is 351 g/mol. The van der Waals surface area contributed by atoms with Gasteiger partial charge in [-0.05, 0) is 43.5 Å². The summed E-state index contributed by atoms with van der Waals surface area (Å²) in [4.78, 5) is 26.7. The van der Waals surface area contributed by atoms with Gasteiger partial charge in [0.05, 0.1) is 5.75 Å². The van der Waals surface area contributed by atoms with Crippen molar-refractivity contribution in [2.24, 2.45) is 0 Å². The number of carbonyl (C=O) groups is 1. The SMILES string of the molecule is CNS(=O)(=O)CCNC(=O)CCc1cc2ccc(C)cc2[nH]c1=O. The van der Waals surface area contributed by atoms with Gasteiger partial charge in [0, 0.05) is 24.0 Å². The van der Waals surface area contributed by atoms with E-state index in [1.165, 1.54) is 7.05 Å². The van der Waals surface area contributed by atoms with Crippen LogP contribution in [-0.2, 0) is 21.2 Å². The quantitative estimate of drug-likeness (QED) is 0.672. The number of rotatable bonds is 7. The van der Waals surface area contributed by atoms with Gasteiger partial charge < -0.3 is 10.3 Å². The van der Waals surface area contributed by atoms with Crippen LogP contribution in [-0.4, -0.2) is 38.7 Å². The topological polar surface area (TPSA) is 108 Å². The number of fused-ring (bicyclic) bond motifs is 1. The average molecular weight is 351 g/mol. The largest absolute Gasteiger partial charge is 0.355 e. The second-order valence-electron chi connectivity index (χ2n) is 5.59. The molecule has 1 aromatic heterocycles. The molecule has 0 atom stereocenters. The molecule has 0 saturated carbocycles. The predicted molar refractivity (Wildman–Crippen MR) is 93.5 cm³/mol. The number of pyridine rings is 1. The van der Waals surface area contributed by atoms with Crippen molar-refractivity contribution in [1.29, 1.82) is 0 Å². The molecule has 0 fully saturated rings. The molecule has 0 bridgehead atoms. The molecule has 1 amide bonds. The summed E-state index contributed by atoms with van der Waals surface area (Å²) in [7, 11) is -2.01. The molecule has 0 aliphatic carbocycles. The molecule has 0 saturated heterocycles. The van der Waals surface area contributed by atoms with Gasteiger partial charge in [-0.2, -0.15) is 0 Å². The third kappa shape index (κ3) is 4.90. The third-order valence-electron chi connectivity index (χ3n) is 3.70. The Morgan fingerprint density at radius 2 is 2.00 bits per heavy atom. The summed E-state index contributed by atoms with van der Waals surface area (Å²) in [5, 5.41) is 3.45. The van der Waals surface area contributed by atoms with Crippen molar-refractivity contribution in [1.82, 2.24) is 15.0 Å². The molecule has 7 nitrogen and oxygen atoms in total. The normalized spacial score (nSPS) is 11.6. The maximum Gasteiger partial charge on any atom is 0.251 e. The van der Waals surface area contributed by atoms with E-state index in [1.807, 2.05) is 25.1 Å². The Bertz CT molecular complexity index is 903. The lowest BCUT2D eigenvalue weighted by Gasteiger charge is -2.06. The van der Waals surface area contributed by atoms with Crippen LogP contribution in [0.2, 0.25) is 0 Å². The highest BCUT2D eigenvalue weighted by molar-refractivity contribution is 7.89. The van der Waals surface area contributed by atoms with Gasteiger partial charge in [-0.15, -0.1) is 0 Å². The fraction of sp³-hybridized carbons (Fsp3) is 0.375. The summed E-state index contributed by atoms with van der Waals surface area (Å²) in [6, 6.07) is 7.56. The van der Waals surface area contributed by atoms with Crippen LogP contribution in [0.25, 0.3) is 10.9 Å². The van der Waals surface area contributed by atoms with Gasteiger partial charge in [0.15, 0.2) is 0 Å². The maximum atomic E-state index is 12.1. The molecule has 24 heavy (non-hydrogen) atoms. The van der Waals surface area contributed by atoms with Gasteiger partial charge >= 0.3 is 0 Å². The van der Waals surface area contributed by atoms with E-state index in [0.29, 0.717) is 12.0 Å². The fourth-order valence-corrected chi connectivity index (χ4v) is 2.88. The van der Waals surface area contributed by atoms with Gasteiger partial charge in [0.2, 0.25) is 15.9 Å². The van der Waals surface area contributed by atoms with Gasteiger partial charge in [0.1, 0.15) is 0 Å². The number of aromatic amines is 1. The van der Waals surface area contributed by atoms with E-state index in [4.69, 9.17) is 0 Å². The Balaban J connectivity index is 1.95. The van der Waals surface area contributed by atoms with Crippen LogP contribution in [0.3, 0.4) is 0 Å². The van der Waals surface area contributed by atoms with Gasteiger partial charge in [-0.3, -0.25) is 9.59 Å². The Kier molecular flexibility index (Phi) is 5.74. The van der Waals surface area contributed by atoms with E-state index in [9.17, 15) is 18.0 Å². The lowest BCUT2D eigenvalue weighted by molar-refractivity contribution is -0.120. The summed E-state index contributed by atoms with van der Waals surface area (Å²) in [6.45, 7) is 1.99. The number of amides is 1. The molecule has 1 aromatic carbocycles. The molecule has 130 valence electrons. The molecule has 1 heterocycles. The maximum absolute atomic E-state index is 12.1. The van der Waals surface area contributed by atoms with Crippen LogP contribution in [0, 0.1) is 6.92 Å². The smallest absolute Gasteiger partial charge is 0.251 e. The zero-order valence-corrected chi connectivity index (χ0v) is 14.5. The van der Waals surface area contributed by atoms with Crippen molar-refractivity contribution >= 4 is 26.8 Å². The number of nitrogens with one attached hydrogen (secondary N) is 3. The molecular weight excluding hydrogens is 330 g/mol. The van der Waals surface area contributed by atoms with Crippen LogP contribution in [0.1, 0.15) is 17.5 Å². The molecule has 3 N–H and O–H groups in total. The molecule has 2 aromatic rings. The predicted octanol–water partition coefficient (Wildman–Crippen LogP) is 0.435. The summed E-state index contributed by atoms with van der Waals surface area (Å²) in [5.74, 6) is -0.463. The molecule has 0 radical (unpaired) electrons. The van der Waals surface area contributed by atoms with Gasteiger partial charge in [-0.25, -0.2) is 13.1 Å². The highest BCUT2D eigenvalue weighted by atomic mass is 32.2. The fourth-order valence-electron chi connectivity index (χ4n) is 2.31. The molecule has 0 unspecified atom stereocenters. The Hall–Kier alpha value is -2.19. The first-order chi connectivity index (χ1) is 11.3. The second kappa shape index (κ2) is 7.59. The van der Waals surface area contributed by atoms with E-state index in [2.05, 4.69) is 15.0 Å². The van der Waals surface area contributed by atoms with Crippen molar-refractivity contribution in [3.05, 3.63) is 45.7 Å². The minimum atomic E-state index is -3.34. The summed E-state index contributed by atoms with van der Waals surface area (Å²) >= 11 is 0. The Morgan fingerprint density at radius 3 is 2.71 bits per heavy atom. The number of H-pyrrole nitrogens is 1. The summed E-state index contributed by atoms with van der Waals surface area (Å²) < 4.78 is 24.7. The minimum absolute atomic E-state index is 0.0371.